The number of hydrogen-bond acceptors (Lipinski definition) is 5. The Hall–Kier alpha value is -3.42. The van der Waals surface area contributed by atoms with E-state index in [1.165, 1.54) is 0 Å². The Morgan fingerprint density at radius 2 is 1.79 bits per heavy atom. The van der Waals surface area contributed by atoms with E-state index in [2.05, 4.69) is 52.2 Å². The molecule has 0 saturated carbocycles. The third-order valence-electron chi connectivity index (χ3n) is 4.75. The Kier molecular flexibility index (Phi) is 5.46. The quantitative estimate of drug-likeness (QED) is 0.533. The molecule has 1 fully saturated rings. The zero-order valence-corrected chi connectivity index (χ0v) is 15.9. The smallest absolute Gasteiger partial charge is 0.225 e. The molecule has 4 rings (SSSR count). The van der Waals surface area contributed by atoms with Gasteiger partial charge in [-0.15, -0.1) is 0 Å². The number of benzene rings is 1. The van der Waals surface area contributed by atoms with E-state index in [1.54, 1.807) is 12.4 Å². The average Bonchev–Trinajstić information content (AvgIpc) is 3.25. The van der Waals surface area contributed by atoms with E-state index in [9.17, 15) is 0 Å². The van der Waals surface area contributed by atoms with E-state index in [1.807, 2.05) is 37.5 Å². The molecule has 0 radical (unpaired) electrons. The van der Waals surface area contributed by atoms with Gasteiger partial charge in [0, 0.05) is 45.6 Å². The van der Waals surface area contributed by atoms with Crippen molar-refractivity contribution in [3.8, 4) is 11.3 Å². The van der Waals surface area contributed by atoms with Gasteiger partial charge in [0.15, 0.2) is 5.96 Å². The molecule has 0 aliphatic carbocycles. The van der Waals surface area contributed by atoms with Crippen molar-refractivity contribution in [3.63, 3.8) is 0 Å². The molecule has 0 atom stereocenters. The molecule has 144 valence electrons. The number of guanidine groups is 1. The van der Waals surface area contributed by atoms with Gasteiger partial charge >= 0.3 is 0 Å². The van der Waals surface area contributed by atoms with Gasteiger partial charge in [-0.2, -0.15) is 0 Å². The topological polar surface area (TPSA) is 85.3 Å². The van der Waals surface area contributed by atoms with Gasteiger partial charge in [0.05, 0.1) is 18.4 Å². The summed E-state index contributed by atoms with van der Waals surface area (Å²) in [5.41, 5.74) is 2.15. The van der Waals surface area contributed by atoms with E-state index in [0.717, 1.165) is 55.2 Å². The first-order valence-electron chi connectivity index (χ1n) is 9.40. The lowest BCUT2D eigenvalue weighted by Crippen LogP contribution is -2.52. The molecule has 1 aliphatic rings. The summed E-state index contributed by atoms with van der Waals surface area (Å²) in [4.78, 5) is 25.4. The van der Waals surface area contributed by atoms with Crippen LogP contribution in [0.1, 0.15) is 5.82 Å². The largest absolute Gasteiger partial charge is 0.349 e. The minimum Gasteiger partial charge on any atom is -0.349 e. The van der Waals surface area contributed by atoms with Crippen LogP contribution in [0.25, 0.3) is 11.3 Å². The van der Waals surface area contributed by atoms with Crippen LogP contribution in [0.4, 0.5) is 5.95 Å². The highest BCUT2D eigenvalue weighted by molar-refractivity contribution is 5.80. The van der Waals surface area contributed by atoms with Crippen LogP contribution in [0.3, 0.4) is 0 Å². The van der Waals surface area contributed by atoms with Crippen LogP contribution in [0, 0.1) is 0 Å². The lowest BCUT2D eigenvalue weighted by molar-refractivity contribution is 0.369. The van der Waals surface area contributed by atoms with E-state index in [4.69, 9.17) is 0 Å². The Balaban J connectivity index is 1.32. The molecule has 0 unspecified atom stereocenters. The van der Waals surface area contributed by atoms with Gasteiger partial charge < -0.3 is 20.1 Å². The number of hydrogen-bond donors (Lipinski definition) is 2. The fourth-order valence-electron chi connectivity index (χ4n) is 3.28. The predicted molar refractivity (Wildman–Crippen MR) is 110 cm³/mol. The summed E-state index contributed by atoms with van der Waals surface area (Å²) in [6.07, 6.45) is 5.43. The summed E-state index contributed by atoms with van der Waals surface area (Å²) in [5.74, 6) is 2.55. The molecule has 8 heteroatoms. The van der Waals surface area contributed by atoms with Gasteiger partial charge in [-0.3, -0.25) is 4.99 Å². The number of rotatable bonds is 4. The Morgan fingerprint density at radius 1 is 1.04 bits per heavy atom. The third kappa shape index (κ3) is 4.11. The lowest BCUT2D eigenvalue weighted by Gasteiger charge is -2.36. The van der Waals surface area contributed by atoms with Crippen molar-refractivity contribution in [2.45, 2.75) is 6.54 Å². The van der Waals surface area contributed by atoms with Crippen LogP contribution in [0.5, 0.6) is 0 Å². The maximum Gasteiger partial charge on any atom is 0.225 e. The van der Waals surface area contributed by atoms with Crippen molar-refractivity contribution in [1.29, 1.82) is 0 Å². The fourth-order valence-corrected chi connectivity index (χ4v) is 3.28. The summed E-state index contributed by atoms with van der Waals surface area (Å²) in [6.45, 7) is 4.06. The standard InChI is InChI=1S/C20H24N8/c1-21-19(27-10-12-28(13-11-27)20-22-8-5-9-23-20)25-15-18-24-14-17(26-18)16-6-3-2-4-7-16/h2-9,14H,10-13,15H2,1H3,(H,21,25)(H,24,26). The monoisotopic (exact) mass is 376 g/mol. The van der Waals surface area contributed by atoms with E-state index in [-0.39, 0.29) is 0 Å². The zero-order chi connectivity index (χ0) is 19.2. The highest BCUT2D eigenvalue weighted by Crippen LogP contribution is 2.16. The van der Waals surface area contributed by atoms with Crippen molar-refractivity contribution < 1.29 is 0 Å². The van der Waals surface area contributed by atoms with Crippen LogP contribution in [0.2, 0.25) is 0 Å². The van der Waals surface area contributed by atoms with Gasteiger partial charge in [0.2, 0.25) is 5.95 Å². The predicted octanol–water partition coefficient (Wildman–Crippen LogP) is 1.76. The SMILES string of the molecule is CN=C(NCc1ncc(-c2ccccc2)[nH]1)N1CCN(c2ncccn2)CC1. The van der Waals surface area contributed by atoms with E-state index >= 15 is 0 Å². The lowest BCUT2D eigenvalue weighted by atomic mass is 10.2. The maximum atomic E-state index is 4.48. The summed E-state index contributed by atoms with van der Waals surface area (Å²) in [7, 11) is 1.81. The van der Waals surface area contributed by atoms with Crippen LogP contribution >= 0.6 is 0 Å². The van der Waals surface area contributed by atoms with Gasteiger partial charge in [0.1, 0.15) is 5.82 Å². The number of aliphatic imine (C=N–C) groups is 1. The molecule has 1 aliphatic heterocycles. The minimum absolute atomic E-state index is 0.599. The van der Waals surface area contributed by atoms with Gasteiger partial charge in [-0.05, 0) is 11.6 Å². The van der Waals surface area contributed by atoms with Crippen molar-refractivity contribution in [3.05, 3.63) is 60.8 Å². The normalized spacial score (nSPS) is 15.0. The number of H-pyrrole nitrogens is 1. The number of nitrogens with zero attached hydrogens (tertiary/aromatic N) is 6. The van der Waals surface area contributed by atoms with Crippen molar-refractivity contribution >= 4 is 11.9 Å². The molecule has 8 nitrogen and oxygen atoms in total. The molecule has 1 aromatic carbocycles. The number of nitrogens with one attached hydrogen (secondary N) is 2. The second-order valence-corrected chi connectivity index (χ2v) is 6.53. The molecule has 28 heavy (non-hydrogen) atoms. The van der Waals surface area contributed by atoms with Crippen LogP contribution in [-0.2, 0) is 6.54 Å². The molecular weight excluding hydrogens is 352 g/mol. The van der Waals surface area contributed by atoms with E-state index < -0.39 is 0 Å². The van der Waals surface area contributed by atoms with Crippen LogP contribution < -0.4 is 10.2 Å². The number of piperazine rings is 1. The summed E-state index contributed by atoms with van der Waals surface area (Å²) < 4.78 is 0. The molecule has 2 aromatic heterocycles. The van der Waals surface area contributed by atoms with Crippen molar-refractivity contribution in [2.24, 2.45) is 4.99 Å². The number of imidazole rings is 1. The minimum atomic E-state index is 0.599. The number of aromatic amines is 1. The zero-order valence-electron chi connectivity index (χ0n) is 15.9. The van der Waals surface area contributed by atoms with Gasteiger partial charge in [0.25, 0.3) is 0 Å². The molecule has 0 amide bonds. The van der Waals surface area contributed by atoms with E-state index in [0.29, 0.717) is 6.54 Å². The van der Waals surface area contributed by atoms with Crippen molar-refractivity contribution in [1.82, 2.24) is 30.2 Å². The molecule has 0 spiro atoms. The first-order chi connectivity index (χ1) is 13.8. The average molecular weight is 376 g/mol. The highest BCUT2D eigenvalue weighted by Gasteiger charge is 2.21. The second kappa shape index (κ2) is 8.51. The first-order valence-corrected chi connectivity index (χ1v) is 9.40. The molecule has 2 N–H and O–H groups in total. The Morgan fingerprint density at radius 3 is 2.50 bits per heavy atom. The fraction of sp³-hybridized carbons (Fsp3) is 0.300. The van der Waals surface area contributed by atoms with Gasteiger partial charge in [-0.1, -0.05) is 30.3 Å². The van der Waals surface area contributed by atoms with Crippen molar-refractivity contribution in [2.75, 3.05) is 38.1 Å². The van der Waals surface area contributed by atoms with Gasteiger partial charge in [-0.25, -0.2) is 15.0 Å². The Labute approximate surface area is 164 Å². The number of anilines is 1. The maximum absolute atomic E-state index is 4.48. The Bertz CT molecular complexity index is 898. The highest BCUT2D eigenvalue weighted by atomic mass is 15.4. The second-order valence-electron chi connectivity index (χ2n) is 6.53. The molecule has 0 bridgehead atoms. The summed E-state index contributed by atoms with van der Waals surface area (Å²) in [6, 6.07) is 12.0. The number of aromatic nitrogens is 4. The third-order valence-corrected chi connectivity index (χ3v) is 4.75. The molecular formula is C20H24N8. The van der Waals surface area contributed by atoms with Crippen LogP contribution in [-0.4, -0.2) is 64.0 Å². The van der Waals surface area contributed by atoms with Crippen LogP contribution in [0.15, 0.2) is 60.0 Å². The first kappa shape index (κ1) is 18.0. The summed E-state index contributed by atoms with van der Waals surface area (Å²) >= 11 is 0. The molecule has 3 heterocycles. The molecule has 3 aromatic rings. The summed E-state index contributed by atoms with van der Waals surface area (Å²) in [5, 5.41) is 3.41. The molecule has 1 saturated heterocycles.